The Balaban J connectivity index is 2.06. The predicted octanol–water partition coefficient (Wildman–Crippen LogP) is 2.18. The van der Waals surface area contributed by atoms with Crippen molar-refractivity contribution in [3.8, 4) is 0 Å². The second kappa shape index (κ2) is 7.94. The Labute approximate surface area is 131 Å². The average molecular weight is 305 g/mol. The van der Waals surface area contributed by atoms with E-state index >= 15 is 0 Å². The Morgan fingerprint density at radius 3 is 2.68 bits per heavy atom. The van der Waals surface area contributed by atoms with Crippen LogP contribution in [0.1, 0.15) is 31.4 Å². The second-order valence-corrected chi connectivity index (χ2v) is 5.40. The highest BCUT2D eigenvalue weighted by molar-refractivity contribution is 5.83. The molecular formula is C17H23NO4. The van der Waals surface area contributed by atoms with Crippen LogP contribution in [0.4, 0.5) is 0 Å². The fraction of sp³-hybridized carbons (Fsp3) is 0.529. The molecule has 0 unspecified atom stereocenters. The monoisotopic (exact) mass is 305 g/mol. The van der Waals surface area contributed by atoms with E-state index in [4.69, 9.17) is 9.47 Å². The first kappa shape index (κ1) is 16.5. The van der Waals surface area contributed by atoms with E-state index in [1.165, 1.54) is 7.11 Å². The summed E-state index contributed by atoms with van der Waals surface area (Å²) in [5.74, 6) is -0.540. The zero-order chi connectivity index (χ0) is 15.9. The molecule has 22 heavy (non-hydrogen) atoms. The molecule has 2 rings (SSSR count). The lowest BCUT2D eigenvalue weighted by molar-refractivity contribution is -0.153. The Morgan fingerprint density at radius 2 is 2.05 bits per heavy atom. The molecule has 1 aliphatic heterocycles. The molecule has 5 heteroatoms. The molecule has 0 radical (unpaired) electrons. The maximum atomic E-state index is 12.7. The van der Waals surface area contributed by atoms with E-state index in [0.29, 0.717) is 19.7 Å². The summed E-state index contributed by atoms with van der Waals surface area (Å²) in [5, 5.41) is 0. The molecule has 2 atom stereocenters. The minimum Gasteiger partial charge on any atom is -0.466 e. The summed E-state index contributed by atoms with van der Waals surface area (Å²) in [7, 11) is 1.53. The Hall–Kier alpha value is -1.88. The lowest BCUT2D eigenvalue weighted by Gasteiger charge is -2.33. The van der Waals surface area contributed by atoms with Gasteiger partial charge in [-0.1, -0.05) is 30.3 Å². The maximum Gasteiger partial charge on any atom is 0.310 e. The lowest BCUT2D eigenvalue weighted by atomic mass is 9.97. The van der Waals surface area contributed by atoms with Crippen molar-refractivity contribution in [2.24, 2.45) is 5.92 Å². The highest BCUT2D eigenvalue weighted by Gasteiger charge is 2.33. The van der Waals surface area contributed by atoms with Crippen molar-refractivity contribution in [2.45, 2.75) is 25.9 Å². The van der Waals surface area contributed by atoms with E-state index in [1.54, 1.807) is 11.8 Å². The van der Waals surface area contributed by atoms with Crippen molar-refractivity contribution in [1.82, 2.24) is 4.90 Å². The summed E-state index contributed by atoms with van der Waals surface area (Å²) in [6.07, 6.45) is 0.952. The molecular weight excluding hydrogens is 282 g/mol. The van der Waals surface area contributed by atoms with Gasteiger partial charge in [0.15, 0.2) is 6.10 Å². The molecule has 1 heterocycles. The summed E-state index contributed by atoms with van der Waals surface area (Å²) < 4.78 is 10.5. The highest BCUT2D eigenvalue weighted by Crippen LogP contribution is 2.24. The first-order valence-corrected chi connectivity index (χ1v) is 7.70. The molecule has 5 nitrogen and oxygen atoms in total. The van der Waals surface area contributed by atoms with Crippen LogP contribution >= 0.6 is 0 Å². The SMILES string of the molecule is CCOC(=O)[C@H]1CCCN(C(=O)[C@H](OC)c2ccccc2)C1. The number of likely N-dealkylation sites (tertiary alicyclic amines) is 1. The maximum absolute atomic E-state index is 12.7. The molecule has 0 spiro atoms. The van der Waals surface area contributed by atoms with Gasteiger partial charge in [-0.15, -0.1) is 0 Å². The van der Waals surface area contributed by atoms with E-state index in [2.05, 4.69) is 0 Å². The Kier molecular flexibility index (Phi) is 5.95. The van der Waals surface area contributed by atoms with E-state index in [-0.39, 0.29) is 17.8 Å². The third kappa shape index (κ3) is 3.85. The fourth-order valence-corrected chi connectivity index (χ4v) is 2.80. The molecule has 120 valence electrons. The standard InChI is InChI=1S/C17H23NO4/c1-3-22-17(20)14-10-7-11-18(12-14)16(19)15(21-2)13-8-5-4-6-9-13/h4-6,8-9,14-15H,3,7,10-12H2,1-2H3/t14-,15+/m0/s1. The van der Waals surface area contributed by atoms with Gasteiger partial charge in [0.25, 0.3) is 5.91 Å². The van der Waals surface area contributed by atoms with Crippen LogP contribution in [0.25, 0.3) is 0 Å². The van der Waals surface area contributed by atoms with Crippen molar-refractivity contribution in [3.05, 3.63) is 35.9 Å². The van der Waals surface area contributed by atoms with Crippen LogP contribution in [0.3, 0.4) is 0 Å². The van der Waals surface area contributed by atoms with Gasteiger partial charge in [-0.2, -0.15) is 0 Å². The smallest absolute Gasteiger partial charge is 0.310 e. The molecule has 1 aromatic carbocycles. The van der Waals surface area contributed by atoms with Crippen LogP contribution in [-0.4, -0.2) is 43.6 Å². The molecule has 1 aliphatic rings. The number of carbonyl (C=O) groups is 2. The van der Waals surface area contributed by atoms with Crippen LogP contribution in [0.15, 0.2) is 30.3 Å². The van der Waals surface area contributed by atoms with Gasteiger partial charge < -0.3 is 14.4 Å². The number of benzene rings is 1. The van der Waals surface area contributed by atoms with Crippen LogP contribution in [0.5, 0.6) is 0 Å². The molecule has 0 N–H and O–H groups in total. The first-order chi connectivity index (χ1) is 10.7. The largest absolute Gasteiger partial charge is 0.466 e. The first-order valence-electron chi connectivity index (χ1n) is 7.70. The molecule has 1 saturated heterocycles. The van der Waals surface area contributed by atoms with Crippen molar-refractivity contribution in [2.75, 3.05) is 26.8 Å². The van der Waals surface area contributed by atoms with Crippen molar-refractivity contribution in [1.29, 1.82) is 0 Å². The van der Waals surface area contributed by atoms with Gasteiger partial charge in [-0.05, 0) is 25.3 Å². The topological polar surface area (TPSA) is 55.8 Å². The molecule has 0 aromatic heterocycles. The van der Waals surface area contributed by atoms with Gasteiger partial charge in [0.2, 0.25) is 0 Å². The number of esters is 1. The zero-order valence-electron chi connectivity index (χ0n) is 13.2. The molecule has 0 saturated carbocycles. The Bertz CT molecular complexity index is 503. The van der Waals surface area contributed by atoms with Crippen LogP contribution in [0.2, 0.25) is 0 Å². The highest BCUT2D eigenvalue weighted by atomic mass is 16.5. The number of nitrogens with zero attached hydrogens (tertiary/aromatic N) is 1. The summed E-state index contributed by atoms with van der Waals surface area (Å²) in [5.41, 5.74) is 0.827. The quantitative estimate of drug-likeness (QED) is 0.782. The van der Waals surface area contributed by atoms with Crippen molar-refractivity contribution in [3.63, 3.8) is 0 Å². The number of methoxy groups -OCH3 is 1. The zero-order valence-corrected chi connectivity index (χ0v) is 13.2. The fourth-order valence-electron chi connectivity index (χ4n) is 2.80. The van der Waals surface area contributed by atoms with E-state index in [1.807, 2.05) is 30.3 Å². The number of hydrogen-bond donors (Lipinski definition) is 0. The molecule has 0 bridgehead atoms. The van der Waals surface area contributed by atoms with E-state index in [0.717, 1.165) is 18.4 Å². The van der Waals surface area contributed by atoms with Crippen LogP contribution in [0, 0.1) is 5.92 Å². The normalized spacial score (nSPS) is 19.5. The third-order valence-electron chi connectivity index (χ3n) is 3.92. The summed E-state index contributed by atoms with van der Waals surface area (Å²) in [4.78, 5) is 26.3. The third-order valence-corrected chi connectivity index (χ3v) is 3.92. The second-order valence-electron chi connectivity index (χ2n) is 5.40. The Morgan fingerprint density at radius 1 is 1.32 bits per heavy atom. The van der Waals surface area contributed by atoms with E-state index in [9.17, 15) is 9.59 Å². The van der Waals surface area contributed by atoms with E-state index < -0.39 is 6.10 Å². The molecule has 1 fully saturated rings. The molecule has 1 aromatic rings. The lowest BCUT2D eigenvalue weighted by Crippen LogP contribution is -2.45. The number of ether oxygens (including phenoxy) is 2. The van der Waals surface area contributed by atoms with Gasteiger partial charge >= 0.3 is 5.97 Å². The van der Waals surface area contributed by atoms with Gasteiger partial charge in [-0.25, -0.2) is 0 Å². The number of rotatable bonds is 5. The van der Waals surface area contributed by atoms with Crippen molar-refractivity contribution >= 4 is 11.9 Å². The summed E-state index contributed by atoms with van der Waals surface area (Å²) in [6.45, 7) is 3.22. The van der Waals surface area contributed by atoms with Gasteiger partial charge in [0, 0.05) is 20.2 Å². The van der Waals surface area contributed by atoms with Crippen molar-refractivity contribution < 1.29 is 19.1 Å². The van der Waals surface area contributed by atoms with Crippen LogP contribution < -0.4 is 0 Å². The molecule has 1 amide bonds. The number of piperidine rings is 1. The van der Waals surface area contributed by atoms with Gasteiger partial charge in [0.05, 0.1) is 12.5 Å². The minimum absolute atomic E-state index is 0.0947. The summed E-state index contributed by atoms with van der Waals surface area (Å²) >= 11 is 0. The summed E-state index contributed by atoms with van der Waals surface area (Å²) in [6, 6.07) is 9.41. The number of amides is 1. The number of hydrogen-bond acceptors (Lipinski definition) is 4. The average Bonchev–Trinajstić information content (AvgIpc) is 2.57. The van der Waals surface area contributed by atoms with Gasteiger partial charge in [-0.3, -0.25) is 9.59 Å². The molecule has 0 aliphatic carbocycles. The van der Waals surface area contributed by atoms with Gasteiger partial charge in [0.1, 0.15) is 0 Å². The number of carbonyl (C=O) groups excluding carboxylic acids is 2. The minimum atomic E-state index is -0.623. The predicted molar refractivity (Wildman–Crippen MR) is 82.1 cm³/mol. The van der Waals surface area contributed by atoms with Crippen LogP contribution in [-0.2, 0) is 19.1 Å².